The Morgan fingerprint density at radius 3 is 2.57 bits per heavy atom. The number of hydrogen-bond donors (Lipinski definition) is 2. The maximum atomic E-state index is 13.5. The molecule has 8 heteroatoms. The van der Waals surface area contributed by atoms with E-state index in [1.807, 2.05) is 49.4 Å². The number of aliphatic hydroxyl groups is 1. The first-order chi connectivity index (χ1) is 17.1. The quantitative estimate of drug-likeness (QED) is 0.431. The molecule has 0 bridgehead atoms. The van der Waals surface area contributed by atoms with Crippen molar-refractivity contribution >= 4 is 5.65 Å². The highest BCUT2D eigenvalue weighted by Crippen LogP contribution is 2.37. The highest BCUT2D eigenvalue weighted by molar-refractivity contribution is 5.85. The number of pyridine rings is 1. The zero-order valence-corrected chi connectivity index (χ0v) is 19.6. The number of nitriles is 1. The summed E-state index contributed by atoms with van der Waals surface area (Å²) in [6, 6.07) is 19.4. The lowest BCUT2D eigenvalue weighted by Crippen LogP contribution is -2.23. The van der Waals surface area contributed by atoms with Crippen molar-refractivity contribution in [2.75, 3.05) is 26.3 Å². The van der Waals surface area contributed by atoms with E-state index in [1.54, 1.807) is 16.5 Å². The van der Waals surface area contributed by atoms with E-state index in [0.29, 0.717) is 35.2 Å². The van der Waals surface area contributed by atoms with Crippen LogP contribution in [0, 0.1) is 24.2 Å². The summed E-state index contributed by atoms with van der Waals surface area (Å²) in [5, 5.41) is 26.7. The smallest absolute Gasteiger partial charge is 0.351 e. The van der Waals surface area contributed by atoms with Gasteiger partial charge in [0, 0.05) is 18.0 Å². The summed E-state index contributed by atoms with van der Waals surface area (Å²) in [6.45, 7) is 4.28. The van der Waals surface area contributed by atoms with E-state index in [4.69, 9.17) is 4.74 Å². The number of aliphatic hydroxyl groups excluding tert-OH is 1. The summed E-state index contributed by atoms with van der Waals surface area (Å²) >= 11 is 0. The second-order valence-electron chi connectivity index (χ2n) is 8.88. The average Bonchev–Trinajstić information content (AvgIpc) is 3.52. The van der Waals surface area contributed by atoms with E-state index < -0.39 is 0 Å². The largest absolute Gasteiger partial charge is 0.489 e. The fourth-order valence-electron chi connectivity index (χ4n) is 4.50. The highest BCUT2D eigenvalue weighted by Gasteiger charge is 2.23. The van der Waals surface area contributed by atoms with E-state index in [1.165, 1.54) is 4.68 Å². The Morgan fingerprint density at radius 2 is 1.91 bits per heavy atom. The Bertz CT molecular complexity index is 1440. The number of fused-ring (bicyclic) bond motifs is 1. The van der Waals surface area contributed by atoms with Crippen molar-refractivity contribution in [2.45, 2.75) is 19.9 Å². The van der Waals surface area contributed by atoms with Gasteiger partial charge in [0.25, 0.3) is 0 Å². The predicted octanol–water partition coefficient (Wildman–Crippen LogP) is 2.99. The van der Waals surface area contributed by atoms with E-state index >= 15 is 0 Å². The Balaban J connectivity index is 1.77. The van der Waals surface area contributed by atoms with Crippen LogP contribution in [0.25, 0.3) is 28.0 Å². The highest BCUT2D eigenvalue weighted by atomic mass is 16.5. The van der Waals surface area contributed by atoms with E-state index in [2.05, 4.69) is 16.5 Å². The third kappa shape index (κ3) is 4.44. The minimum absolute atomic E-state index is 0.0893. The van der Waals surface area contributed by atoms with Crippen molar-refractivity contribution < 1.29 is 9.84 Å². The van der Waals surface area contributed by atoms with Gasteiger partial charge in [-0.25, -0.2) is 13.9 Å². The maximum absolute atomic E-state index is 13.5. The van der Waals surface area contributed by atoms with Gasteiger partial charge in [-0.2, -0.15) is 5.26 Å². The van der Waals surface area contributed by atoms with Crippen LogP contribution >= 0.6 is 0 Å². The number of aryl methyl sites for hydroxylation is 1. The molecule has 2 aromatic heterocycles. The number of ether oxygens (including phenoxy) is 1. The number of benzene rings is 2. The van der Waals surface area contributed by atoms with E-state index in [0.717, 1.165) is 41.8 Å². The van der Waals surface area contributed by atoms with Gasteiger partial charge >= 0.3 is 5.69 Å². The molecule has 1 aliphatic heterocycles. The lowest BCUT2D eigenvalue weighted by molar-refractivity contribution is 0.260. The van der Waals surface area contributed by atoms with Crippen molar-refractivity contribution in [3.05, 3.63) is 76.2 Å². The molecule has 0 spiro atoms. The minimum atomic E-state index is -0.340. The third-order valence-electron chi connectivity index (χ3n) is 6.41. The number of hydrogen-bond acceptors (Lipinski definition) is 6. The molecule has 8 nitrogen and oxygen atoms in total. The molecule has 178 valence electrons. The lowest BCUT2D eigenvalue weighted by Gasteiger charge is -2.17. The van der Waals surface area contributed by atoms with Crippen molar-refractivity contribution in [3.8, 4) is 34.2 Å². The van der Waals surface area contributed by atoms with Crippen LogP contribution in [0.3, 0.4) is 0 Å². The van der Waals surface area contributed by atoms with Crippen LogP contribution < -0.4 is 15.7 Å². The van der Waals surface area contributed by atoms with Crippen LogP contribution in [0.5, 0.6) is 5.75 Å². The molecule has 0 radical (unpaired) electrons. The molecule has 1 fully saturated rings. The first kappa shape index (κ1) is 22.8. The Labute approximate surface area is 203 Å². The van der Waals surface area contributed by atoms with Gasteiger partial charge in [-0.15, -0.1) is 5.10 Å². The molecule has 0 saturated carbocycles. The van der Waals surface area contributed by atoms with Gasteiger partial charge in [-0.05, 0) is 49.2 Å². The molecule has 35 heavy (non-hydrogen) atoms. The van der Waals surface area contributed by atoms with Gasteiger partial charge in [-0.3, -0.25) is 0 Å². The van der Waals surface area contributed by atoms with Gasteiger partial charge < -0.3 is 15.2 Å². The predicted molar refractivity (Wildman–Crippen MR) is 133 cm³/mol. The summed E-state index contributed by atoms with van der Waals surface area (Å²) in [5.74, 6) is 0.900. The van der Waals surface area contributed by atoms with Gasteiger partial charge in [0.2, 0.25) is 5.65 Å². The topological polar surface area (TPSA) is 105 Å². The van der Waals surface area contributed by atoms with Crippen molar-refractivity contribution in [2.24, 2.45) is 5.92 Å². The van der Waals surface area contributed by atoms with Crippen LogP contribution in [-0.4, -0.2) is 45.6 Å². The molecule has 3 heterocycles. The van der Waals surface area contributed by atoms with Crippen LogP contribution in [0.4, 0.5) is 0 Å². The van der Waals surface area contributed by atoms with E-state index in [-0.39, 0.29) is 18.8 Å². The first-order valence-corrected chi connectivity index (χ1v) is 11.8. The molecule has 0 aliphatic carbocycles. The summed E-state index contributed by atoms with van der Waals surface area (Å²) in [5.41, 5.74) is 4.95. The molecule has 1 saturated heterocycles. The second kappa shape index (κ2) is 9.74. The number of nitrogens with zero attached hydrogens (tertiary/aromatic N) is 4. The summed E-state index contributed by atoms with van der Waals surface area (Å²) in [6.07, 6.45) is 1.03. The van der Waals surface area contributed by atoms with Crippen LogP contribution in [0.15, 0.2) is 59.4 Å². The molecule has 1 atom stereocenters. The van der Waals surface area contributed by atoms with Gasteiger partial charge in [-0.1, -0.05) is 42.0 Å². The fraction of sp³-hybridized carbons (Fsp3) is 0.296. The summed E-state index contributed by atoms with van der Waals surface area (Å²) in [4.78, 5) is 13.5. The Kier molecular flexibility index (Phi) is 6.36. The zero-order chi connectivity index (χ0) is 24.4. The summed E-state index contributed by atoms with van der Waals surface area (Å²) in [7, 11) is 0. The second-order valence-corrected chi connectivity index (χ2v) is 8.88. The van der Waals surface area contributed by atoms with Crippen LogP contribution in [-0.2, 0) is 6.54 Å². The molecule has 2 N–H and O–H groups in total. The summed E-state index contributed by atoms with van der Waals surface area (Å²) < 4.78 is 9.13. The molecule has 2 aromatic carbocycles. The molecular formula is C27H27N5O3. The van der Waals surface area contributed by atoms with Gasteiger partial charge in [0.15, 0.2) is 5.75 Å². The molecule has 0 unspecified atom stereocenters. The SMILES string of the molecule is Cc1ccc(-c2c(-c3ccc(C#N)cc3)cc(OC[C@@H]3CCNC3)c3nn(CCO)c(=O)n23)cc1. The molecular weight excluding hydrogens is 442 g/mol. The minimum Gasteiger partial charge on any atom is -0.489 e. The molecule has 4 aromatic rings. The van der Waals surface area contributed by atoms with Gasteiger partial charge in [0.1, 0.15) is 0 Å². The molecule has 5 rings (SSSR count). The monoisotopic (exact) mass is 469 g/mol. The Morgan fingerprint density at radius 1 is 1.17 bits per heavy atom. The normalized spacial score (nSPS) is 15.4. The van der Waals surface area contributed by atoms with Crippen molar-refractivity contribution in [3.63, 3.8) is 0 Å². The standard InChI is InChI=1S/C27H27N5O3/c1-18-2-6-22(7-3-18)25-23(21-8-4-19(15-28)5-9-21)14-24(35-17-20-10-11-29-16-20)26-30-31(12-13-33)27(34)32(25)26/h2-9,14,20,29,33H,10-13,16-17H2,1H3/t20-/m1/s1. The van der Waals surface area contributed by atoms with Gasteiger partial charge in [0.05, 0.1) is 37.1 Å². The number of nitrogens with one attached hydrogen (secondary N) is 1. The molecule has 1 aliphatic rings. The van der Waals surface area contributed by atoms with Crippen LogP contribution in [0.2, 0.25) is 0 Å². The maximum Gasteiger partial charge on any atom is 0.351 e. The van der Waals surface area contributed by atoms with Crippen LogP contribution in [0.1, 0.15) is 17.5 Å². The number of rotatable bonds is 7. The first-order valence-electron chi connectivity index (χ1n) is 11.8. The fourth-order valence-corrected chi connectivity index (χ4v) is 4.50. The van der Waals surface area contributed by atoms with E-state index in [9.17, 15) is 15.2 Å². The Hall–Kier alpha value is -3.93. The third-order valence-corrected chi connectivity index (χ3v) is 6.41. The average molecular weight is 470 g/mol. The molecule has 0 amide bonds. The lowest BCUT2D eigenvalue weighted by atomic mass is 9.97. The number of aromatic nitrogens is 3. The van der Waals surface area contributed by atoms with Crippen molar-refractivity contribution in [1.82, 2.24) is 19.5 Å². The zero-order valence-electron chi connectivity index (χ0n) is 19.6. The van der Waals surface area contributed by atoms with Crippen molar-refractivity contribution in [1.29, 1.82) is 5.26 Å².